The number of rotatable bonds is 5. The summed E-state index contributed by atoms with van der Waals surface area (Å²) in [5.74, 6) is 0.0479. The van der Waals surface area contributed by atoms with Gasteiger partial charge in [0.2, 0.25) is 0 Å². The third-order valence-electron chi connectivity index (χ3n) is 1.09. The maximum Gasteiger partial charge on any atom is 0.134 e. The van der Waals surface area contributed by atoms with Crippen LogP contribution in [0.3, 0.4) is 0 Å². The average molecular weight is 146 g/mol. The molecule has 0 N–H and O–H groups in total. The van der Waals surface area contributed by atoms with Crippen molar-refractivity contribution in [2.24, 2.45) is 0 Å². The molecule has 0 amide bonds. The highest BCUT2D eigenvalue weighted by atomic mass is 28.2. The summed E-state index contributed by atoms with van der Waals surface area (Å²) in [7, 11) is 3.02. The Hall–Kier alpha value is 0.137. The van der Waals surface area contributed by atoms with Crippen molar-refractivity contribution in [2.75, 3.05) is 14.2 Å². The third-order valence-corrected chi connectivity index (χ3v) is 2.88. The molecule has 54 valence electrons. The molecule has 0 aliphatic carbocycles. The molecule has 0 unspecified atom stereocenters. The molecule has 0 bridgehead atoms. The van der Waals surface area contributed by atoms with E-state index in [2.05, 4.69) is 13.0 Å². The van der Waals surface area contributed by atoms with Crippen molar-refractivity contribution >= 4 is 9.52 Å². The van der Waals surface area contributed by atoms with Crippen molar-refractivity contribution in [3.63, 3.8) is 0 Å². The normalized spacial score (nSPS) is 12.0. The zero-order valence-corrected chi connectivity index (χ0v) is 7.51. The van der Waals surface area contributed by atoms with E-state index >= 15 is 0 Å². The van der Waals surface area contributed by atoms with Crippen molar-refractivity contribution in [2.45, 2.75) is 12.3 Å². The lowest BCUT2D eigenvalue weighted by Gasteiger charge is -2.10. The first kappa shape index (κ1) is 9.14. The highest BCUT2D eigenvalue weighted by Gasteiger charge is 2.02. The van der Waals surface area contributed by atoms with E-state index in [0.717, 1.165) is 6.42 Å². The van der Waals surface area contributed by atoms with Gasteiger partial charge in [-0.1, -0.05) is 13.3 Å². The molecule has 2 radical (unpaired) electrons. The lowest BCUT2D eigenvalue weighted by Crippen LogP contribution is -2.21. The number of hydrogen-bond donors (Lipinski definition) is 0. The van der Waals surface area contributed by atoms with Gasteiger partial charge in [0, 0.05) is 14.2 Å². The average Bonchev–Trinajstić information content (AvgIpc) is 1.91. The first-order chi connectivity index (χ1) is 4.35. The van der Waals surface area contributed by atoms with Gasteiger partial charge in [0.1, 0.15) is 5.91 Å². The van der Waals surface area contributed by atoms with Crippen LogP contribution in [-0.4, -0.2) is 29.7 Å². The summed E-state index contributed by atoms with van der Waals surface area (Å²) in [6.07, 6.45) is 0.884. The topological polar surface area (TPSA) is 18.5 Å². The standard InChI is InChI=1S/C6H14O2Si/c1-4-5-9-6(7-2)8-3/h5-6H,1,4,9H2,2-3H3. The maximum atomic E-state index is 4.98. The van der Waals surface area contributed by atoms with E-state index in [9.17, 15) is 0 Å². The second-order valence-electron chi connectivity index (χ2n) is 1.71. The highest BCUT2D eigenvalue weighted by Crippen LogP contribution is 1.91. The molecule has 0 spiro atoms. The summed E-state index contributed by atoms with van der Waals surface area (Å²) in [6.45, 7) is 3.69. The van der Waals surface area contributed by atoms with Crippen molar-refractivity contribution < 1.29 is 9.47 Å². The maximum absolute atomic E-state index is 4.98. The molecular formula is C6H14O2Si. The summed E-state index contributed by atoms with van der Waals surface area (Å²) in [5.41, 5.74) is 0. The Morgan fingerprint density at radius 2 is 2.11 bits per heavy atom. The molecule has 9 heavy (non-hydrogen) atoms. The lowest BCUT2D eigenvalue weighted by atomic mass is 10.6. The molecular weight excluding hydrogens is 132 g/mol. The van der Waals surface area contributed by atoms with E-state index < -0.39 is 0 Å². The van der Waals surface area contributed by atoms with Crippen molar-refractivity contribution in [1.82, 2.24) is 0 Å². The van der Waals surface area contributed by atoms with Crippen LogP contribution < -0.4 is 0 Å². The van der Waals surface area contributed by atoms with E-state index in [1.807, 2.05) is 0 Å². The van der Waals surface area contributed by atoms with Gasteiger partial charge in [-0.2, -0.15) is 0 Å². The largest absolute Gasteiger partial charge is 0.360 e. The zero-order valence-electron chi connectivity index (χ0n) is 6.09. The Kier molecular flexibility index (Phi) is 6.35. The van der Waals surface area contributed by atoms with Gasteiger partial charge in [0.05, 0.1) is 9.52 Å². The summed E-state index contributed by atoms with van der Waals surface area (Å²) < 4.78 is 9.96. The summed E-state index contributed by atoms with van der Waals surface area (Å²) in [4.78, 5) is 0. The molecule has 0 atom stereocenters. The van der Waals surface area contributed by atoms with Crippen LogP contribution in [0.1, 0.15) is 6.42 Å². The van der Waals surface area contributed by atoms with E-state index in [0.29, 0.717) is 0 Å². The van der Waals surface area contributed by atoms with Gasteiger partial charge in [-0.15, -0.1) is 0 Å². The first-order valence-corrected chi connectivity index (χ1v) is 4.65. The van der Waals surface area contributed by atoms with Crippen molar-refractivity contribution in [1.29, 1.82) is 0 Å². The molecule has 0 fully saturated rings. The summed E-state index contributed by atoms with van der Waals surface area (Å²) >= 11 is 0. The highest BCUT2D eigenvalue weighted by molar-refractivity contribution is 6.41. The predicted octanol–water partition coefficient (Wildman–Crippen LogP) is 0.118. The van der Waals surface area contributed by atoms with Gasteiger partial charge in [-0.05, 0) is 6.04 Å². The Bertz CT molecular complexity index is 55.0. The third kappa shape index (κ3) is 4.63. The fraction of sp³-hybridized carbons (Fsp3) is 0.667. The number of methoxy groups -OCH3 is 2. The van der Waals surface area contributed by atoms with Gasteiger partial charge in [0.25, 0.3) is 0 Å². The van der Waals surface area contributed by atoms with Gasteiger partial charge in [-0.25, -0.2) is 0 Å². The Morgan fingerprint density at radius 1 is 1.56 bits per heavy atom. The Labute approximate surface area is 59.4 Å². The van der Waals surface area contributed by atoms with Crippen LogP contribution >= 0.6 is 0 Å². The zero-order chi connectivity index (χ0) is 7.11. The van der Waals surface area contributed by atoms with Crippen LogP contribution in [0.25, 0.3) is 0 Å². The van der Waals surface area contributed by atoms with Gasteiger partial charge < -0.3 is 9.47 Å². The van der Waals surface area contributed by atoms with E-state index in [1.54, 1.807) is 14.2 Å². The van der Waals surface area contributed by atoms with Gasteiger partial charge in [0.15, 0.2) is 0 Å². The smallest absolute Gasteiger partial charge is 0.134 e. The lowest BCUT2D eigenvalue weighted by molar-refractivity contribution is -0.0434. The first-order valence-electron chi connectivity index (χ1n) is 3.01. The molecule has 0 heterocycles. The van der Waals surface area contributed by atoms with Crippen LogP contribution in [0.5, 0.6) is 0 Å². The molecule has 0 saturated carbocycles. The summed E-state index contributed by atoms with van der Waals surface area (Å²) in [5, 5.41) is 0. The molecule has 0 aromatic heterocycles. The summed E-state index contributed by atoms with van der Waals surface area (Å²) in [6, 6.07) is 2.16. The fourth-order valence-corrected chi connectivity index (χ4v) is 1.44. The van der Waals surface area contributed by atoms with Crippen LogP contribution in [-0.2, 0) is 9.47 Å². The van der Waals surface area contributed by atoms with Gasteiger partial charge in [-0.3, -0.25) is 0 Å². The van der Waals surface area contributed by atoms with Crippen LogP contribution in [0.15, 0.2) is 0 Å². The molecule has 0 aromatic carbocycles. The molecule has 2 nitrogen and oxygen atoms in total. The second-order valence-corrected chi connectivity index (χ2v) is 3.43. The Morgan fingerprint density at radius 3 is 2.44 bits per heavy atom. The Balaban J connectivity index is 3.09. The number of ether oxygens (including phenoxy) is 2. The fourth-order valence-electron chi connectivity index (χ4n) is 0.543. The van der Waals surface area contributed by atoms with Crippen LogP contribution in [0.4, 0.5) is 0 Å². The van der Waals surface area contributed by atoms with Crippen LogP contribution in [0, 0.1) is 13.0 Å². The molecule has 0 aliphatic rings. The number of hydrogen-bond acceptors (Lipinski definition) is 2. The molecule has 0 aliphatic heterocycles. The van der Waals surface area contributed by atoms with Crippen molar-refractivity contribution in [3.8, 4) is 0 Å². The predicted molar refractivity (Wildman–Crippen MR) is 40.6 cm³/mol. The quantitative estimate of drug-likeness (QED) is 0.405. The van der Waals surface area contributed by atoms with E-state index in [-0.39, 0.29) is 15.4 Å². The minimum absolute atomic E-state index is 0.0479. The molecule has 0 aromatic rings. The van der Waals surface area contributed by atoms with Gasteiger partial charge >= 0.3 is 0 Å². The monoisotopic (exact) mass is 146 g/mol. The minimum Gasteiger partial charge on any atom is -0.360 e. The second kappa shape index (κ2) is 6.26. The minimum atomic E-state index is -0.307. The van der Waals surface area contributed by atoms with Crippen LogP contribution in [0.2, 0.25) is 0 Å². The molecule has 0 saturated heterocycles. The van der Waals surface area contributed by atoms with E-state index in [4.69, 9.17) is 9.47 Å². The SMILES string of the molecule is [CH2]C[CH][SiH2]C(OC)OC. The molecule has 0 rings (SSSR count). The molecule has 3 heteroatoms. The van der Waals surface area contributed by atoms with Crippen molar-refractivity contribution in [3.05, 3.63) is 13.0 Å². The van der Waals surface area contributed by atoms with E-state index in [1.165, 1.54) is 0 Å².